The predicted octanol–water partition coefficient (Wildman–Crippen LogP) is 0.806. The number of likely N-dealkylation sites (tertiary alicyclic amines) is 1. The minimum Gasteiger partial charge on any atom is -0.479 e. The summed E-state index contributed by atoms with van der Waals surface area (Å²) in [6, 6.07) is -0.670. The Morgan fingerprint density at radius 3 is 2.60 bits per heavy atom. The van der Waals surface area contributed by atoms with Crippen molar-refractivity contribution in [2.75, 3.05) is 19.6 Å². The summed E-state index contributed by atoms with van der Waals surface area (Å²) in [6.07, 6.45) is -5.84. The second-order valence-corrected chi connectivity index (χ2v) is 4.70. The van der Waals surface area contributed by atoms with Gasteiger partial charge in [0.1, 0.15) is 0 Å². The Hall–Kier alpha value is -1.51. The van der Waals surface area contributed by atoms with E-state index in [-0.39, 0.29) is 32.4 Å². The number of aliphatic carboxylic acids is 1. The number of carboxylic acids is 1. The van der Waals surface area contributed by atoms with Gasteiger partial charge in [0.25, 0.3) is 0 Å². The number of aliphatic hydroxyl groups excluding tert-OH is 1. The third-order valence-corrected chi connectivity index (χ3v) is 3.15. The van der Waals surface area contributed by atoms with Crippen LogP contribution in [0, 0.1) is 5.92 Å². The minimum atomic E-state index is -4.32. The van der Waals surface area contributed by atoms with Gasteiger partial charge in [-0.25, -0.2) is 9.59 Å². The van der Waals surface area contributed by atoms with Crippen LogP contribution in [-0.4, -0.2) is 59.0 Å². The van der Waals surface area contributed by atoms with E-state index in [2.05, 4.69) is 5.32 Å². The maximum Gasteiger partial charge on any atom is 0.393 e. The number of carbonyl (C=O) groups is 2. The molecule has 116 valence electrons. The van der Waals surface area contributed by atoms with Gasteiger partial charge in [-0.15, -0.1) is 0 Å². The number of hydrogen-bond acceptors (Lipinski definition) is 3. The van der Waals surface area contributed by atoms with Crippen molar-refractivity contribution in [3.63, 3.8) is 0 Å². The van der Waals surface area contributed by atoms with Gasteiger partial charge in [-0.3, -0.25) is 0 Å². The molecule has 1 heterocycles. The number of alkyl halides is 3. The molecule has 0 aliphatic carbocycles. The monoisotopic (exact) mass is 298 g/mol. The average Bonchev–Trinajstić information content (AvgIpc) is 2.37. The van der Waals surface area contributed by atoms with E-state index < -0.39 is 36.7 Å². The Balaban J connectivity index is 2.38. The standard InChI is InChI=1S/C11H17F3N2O4/c12-11(13,14)7-2-1-5-16(6-7)10(20)15-4-3-8(17)9(18)19/h7-8,17H,1-6H2,(H,15,20)(H,18,19). The number of aliphatic hydroxyl groups is 1. The predicted molar refractivity (Wildman–Crippen MR) is 62.0 cm³/mol. The van der Waals surface area contributed by atoms with E-state index in [4.69, 9.17) is 10.2 Å². The highest BCUT2D eigenvalue weighted by atomic mass is 19.4. The van der Waals surface area contributed by atoms with Crippen LogP contribution in [0.3, 0.4) is 0 Å². The van der Waals surface area contributed by atoms with Crippen molar-refractivity contribution < 1.29 is 33.0 Å². The zero-order valence-electron chi connectivity index (χ0n) is 10.7. The van der Waals surface area contributed by atoms with Gasteiger partial charge in [0, 0.05) is 26.1 Å². The maximum atomic E-state index is 12.6. The Labute approximate surface area is 113 Å². The van der Waals surface area contributed by atoms with Crippen LogP contribution in [0.1, 0.15) is 19.3 Å². The van der Waals surface area contributed by atoms with Gasteiger partial charge in [-0.1, -0.05) is 0 Å². The molecule has 0 aromatic rings. The van der Waals surface area contributed by atoms with E-state index in [1.807, 2.05) is 0 Å². The fourth-order valence-corrected chi connectivity index (χ4v) is 1.98. The molecule has 0 spiro atoms. The SMILES string of the molecule is O=C(O)C(O)CCNC(=O)N1CCCC(C(F)(F)F)C1. The van der Waals surface area contributed by atoms with Gasteiger partial charge in [0.15, 0.2) is 6.10 Å². The minimum absolute atomic E-state index is 0.00497. The van der Waals surface area contributed by atoms with Gasteiger partial charge < -0.3 is 20.4 Å². The first-order valence-corrected chi connectivity index (χ1v) is 6.22. The highest BCUT2D eigenvalue weighted by molar-refractivity contribution is 5.74. The smallest absolute Gasteiger partial charge is 0.393 e. The molecule has 9 heteroatoms. The Kier molecular flexibility index (Phi) is 5.61. The number of carboxylic acid groups (broad SMARTS) is 1. The number of urea groups is 1. The third-order valence-electron chi connectivity index (χ3n) is 3.15. The lowest BCUT2D eigenvalue weighted by atomic mass is 9.98. The van der Waals surface area contributed by atoms with E-state index in [9.17, 15) is 22.8 Å². The van der Waals surface area contributed by atoms with Crippen molar-refractivity contribution in [3.05, 3.63) is 0 Å². The van der Waals surface area contributed by atoms with E-state index in [1.54, 1.807) is 0 Å². The average molecular weight is 298 g/mol. The van der Waals surface area contributed by atoms with Crippen LogP contribution in [0.25, 0.3) is 0 Å². The van der Waals surface area contributed by atoms with Gasteiger partial charge in [0.05, 0.1) is 5.92 Å². The summed E-state index contributed by atoms with van der Waals surface area (Å²) in [7, 11) is 0. The summed E-state index contributed by atoms with van der Waals surface area (Å²) in [5, 5.41) is 19.7. The summed E-state index contributed by atoms with van der Waals surface area (Å²) in [4.78, 5) is 23.0. The molecule has 0 bridgehead atoms. The molecule has 2 atom stereocenters. The zero-order valence-corrected chi connectivity index (χ0v) is 10.7. The molecule has 1 rings (SSSR count). The molecule has 0 radical (unpaired) electrons. The molecule has 1 aliphatic rings. The van der Waals surface area contributed by atoms with Crippen molar-refractivity contribution in [2.24, 2.45) is 5.92 Å². The molecular formula is C11H17F3N2O4. The normalized spacial score (nSPS) is 21.4. The molecule has 6 nitrogen and oxygen atoms in total. The molecule has 0 aromatic heterocycles. The van der Waals surface area contributed by atoms with E-state index in [0.29, 0.717) is 0 Å². The molecule has 0 saturated carbocycles. The van der Waals surface area contributed by atoms with Crippen LogP contribution < -0.4 is 5.32 Å². The highest BCUT2D eigenvalue weighted by Crippen LogP contribution is 2.32. The lowest BCUT2D eigenvalue weighted by Gasteiger charge is -2.33. The number of carbonyl (C=O) groups excluding carboxylic acids is 1. The number of nitrogens with zero attached hydrogens (tertiary/aromatic N) is 1. The van der Waals surface area contributed by atoms with Crippen LogP contribution >= 0.6 is 0 Å². The second-order valence-electron chi connectivity index (χ2n) is 4.70. The first-order valence-electron chi connectivity index (χ1n) is 6.22. The highest BCUT2D eigenvalue weighted by Gasteiger charge is 2.42. The summed E-state index contributed by atoms with van der Waals surface area (Å²) in [5.74, 6) is -2.93. The van der Waals surface area contributed by atoms with Gasteiger partial charge >= 0.3 is 18.2 Å². The lowest BCUT2D eigenvalue weighted by Crippen LogP contribution is -2.49. The molecular weight excluding hydrogens is 281 g/mol. The van der Waals surface area contributed by atoms with Gasteiger partial charge in [0.2, 0.25) is 0 Å². The number of amides is 2. The van der Waals surface area contributed by atoms with Crippen LogP contribution in [-0.2, 0) is 4.79 Å². The fraction of sp³-hybridized carbons (Fsp3) is 0.818. The number of halogens is 3. The van der Waals surface area contributed by atoms with Crippen LogP contribution in [0.15, 0.2) is 0 Å². The molecule has 3 N–H and O–H groups in total. The largest absolute Gasteiger partial charge is 0.479 e. The first-order chi connectivity index (χ1) is 9.21. The Morgan fingerprint density at radius 1 is 1.40 bits per heavy atom. The molecule has 20 heavy (non-hydrogen) atoms. The molecule has 2 amide bonds. The third kappa shape index (κ3) is 4.87. The van der Waals surface area contributed by atoms with Crippen molar-refractivity contribution >= 4 is 12.0 Å². The van der Waals surface area contributed by atoms with E-state index in [0.717, 1.165) is 4.90 Å². The van der Waals surface area contributed by atoms with Gasteiger partial charge in [-0.2, -0.15) is 13.2 Å². The fourth-order valence-electron chi connectivity index (χ4n) is 1.98. The topological polar surface area (TPSA) is 89.9 Å². The summed E-state index contributed by atoms with van der Waals surface area (Å²) < 4.78 is 37.7. The summed E-state index contributed by atoms with van der Waals surface area (Å²) in [5.41, 5.74) is 0. The Bertz CT molecular complexity index is 362. The molecule has 2 unspecified atom stereocenters. The van der Waals surface area contributed by atoms with Crippen LogP contribution in [0.5, 0.6) is 0 Å². The summed E-state index contributed by atoms with van der Waals surface area (Å²) >= 11 is 0. The number of piperidine rings is 1. The maximum absolute atomic E-state index is 12.6. The number of rotatable bonds is 4. The van der Waals surface area contributed by atoms with E-state index in [1.165, 1.54) is 0 Å². The molecule has 1 saturated heterocycles. The van der Waals surface area contributed by atoms with Crippen LogP contribution in [0.4, 0.5) is 18.0 Å². The van der Waals surface area contributed by atoms with Crippen molar-refractivity contribution in [1.29, 1.82) is 0 Å². The van der Waals surface area contributed by atoms with E-state index >= 15 is 0 Å². The number of nitrogens with one attached hydrogen (secondary N) is 1. The zero-order chi connectivity index (χ0) is 15.3. The van der Waals surface area contributed by atoms with Crippen molar-refractivity contribution in [1.82, 2.24) is 10.2 Å². The molecule has 0 aromatic carbocycles. The van der Waals surface area contributed by atoms with Crippen LogP contribution in [0.2, 0.25) is 0 Å². The van der Waals surface area contributed by atoms with Crippen molar-refractivity contribution in [2.45, 2.75) is 31.5 Å². The Morgan fingerprint density at radius 2 is 2.05 bits per heavy atom. The van der Waals surface area contributed by atoms with Gasteiger partial charge in [-0.05, 0) is 12.8 Å². The first kappa shape index (κ1) is 16.5. The molecule has 1 aliphatic heterocycles. The summed E-state index contributed by atoms with van der Waals surface area (Å²) in [6.45, 7) is -0.268. The molecule has 1 fully saturated rings. The number of hydrogen-bond donors (Lipinski definition) is 3. The second kappa shape index (κ2) is 6.78. The lowest BCUT2D eigenvalue weighted by molar-refractivity contribution is -0.184. The van der Waals surface area contributed by atoms with Crippen molar-refractivity contribution in [3.8, 4) is 0 Å². The quantitative estimate of drug-likeness (QED) is 0.716.